The summed E-state index contributed by atoms with van der Waals surface area (Å²) in [5, 5.41) is 2.25. The van der Waals surface area contributed by atoms with E-state index in [1.54, 1.807) is 0 Å². The number of hydrogen-bond donors (Lipinski definition) is 3. The summed E-state index contributed by atoms with van der Waals surface area (Å²) in [5.41, 5.74) is 10.3. The number of aliphatic imine (C=N–C) groups is 2. The summed E-state index contributed by atoms with van der Waals surface area (Å²) >= 11 is 1.08. The number of methoxy groups -OCH3 is 1. The summed E-state index contributed by atoms with van der Waals surface area (Å²) in [6, 6.07) is 0. The van der Waals surface area contributed by atoms with Gasteiger partial charge in [0.05, 0.1) is 6.61 Å². The molecule has 8 nitrogen and oxygen atoms in total. The minimum Gasteiger partial charge on any atom is -0.383 e. The van der Waals surface area contributed by atoms with Gasteiger partial charge in [-0.2, -0.15) is 9.98 Å². The van der Waals surface area contributed by atoms with Crippen molar-refractivity contribution in [3.8, 4) is 0 Å². The topological polar surface area (TPSA) is 132 Å². The first-order chi connectivity index (χ1) is 8.52. The maximum atomic E-state index is 11.5. The fourth-order valence-electron chi connectivity index (χ4n) is 1.19. The molecule has 0 fully saturated rings. The van der Waals surface area contributed by atoms with Gasteiger partial charge in [-0.25, -0.2) is 0 Å². The molecule has 1 heterocycles. The predicted molar refractivity (Wildman–Crippen MR) is 69.1 cm³/mol. The van der Waals surface area contributed by atoms with Gasteiger partial charge in [0.25, 0.3) is 5.91 Å². The fraction of sp³-hybridized carbons (Fsp3) is 0.556. The van der Waals surface area contributed by atoms with Gasteiger partial charge in [-0.3, -0.25) is 9.59 Å². The Kier molecular flexibility index (Phi) is 5.59. The molecular weight excluding hydrogens is 258 g/mol. The smallest absolute Gasteiger partial charge is 0.262 e. The second kappa shape index (κ2) is 6.97. The maximum absolute atomic E-state index is 11.5. The molecule has 1 rings (SSSR count). The molecule has 0 saturated carbocycles. The second-order valence-electron chi connectivity index (χ2n) is 3.42. The molecule has 2 amide bonds. The molecule has 9 heteroatoms. The molecule has 0 unspecified atom stereocenters. The molecule has 18 heavy (non-hydrogen) atoms. The zero-order valence-corrected chi connectivity index (χ0v) is 10.7. The third-order valence-corrected chi connectivity index (χ3v) is 3.00. The highest BCUT2D eigenvalue weighted by atomic mass is 32.2. The molecule has 0 aromatic rings. The lowest BCUT2D eigenvalue weighted by Crippen LogP contribution is -2.30. The van der Waals surface area contributed by atoms with Gasteiger partial charge in [0.1, 0.15) is 5.25 Å². The van der Waals surface area contributed by atoms with Gasteiger partial charge in [-0.15, -0.1) is 0 Å². The van der Waals surface area contributed by atoms with Gasteiger partial charge in [-0.05, 0) is 0 Å². The lowest BCUT2D eigenvalue weighted by molar-refractivity contribution is -0.124. The quantitative estimate of drug-likeness (QED) is 0.314. The maximum Gasteiger partial charge on any atom is 0.262 e. The van der Waals surface area contributed by atoms with Crippen LogP contribution in [0, 0.1) is 0 Å². The molecule has 0 aromatic heterocycles. The predicted octanol–water partition coefficient (Wildman–Crippen LogP) is -1.59. The Labute approximate surface area is 108 Å². The van der Waals surface area contributed by atoms with Crippen molar-refractivity contribution in [1.82, 2.24) is 5.32 Å². The molecule has 0 saturated heterocycles. The lowest BCUT2D eigenvalue weighted by Gasteiger charge is -2.07. The van der Waals surface area contributed by atoms with Crippen LogP contribution in [0.15, 0.2) is 9.98 Å². The highest BCUT2D eigenvalue weighted by Gasteiger charge is 2.30. The Hall–Kier alpha value is -1.61. The van der Waals surface area contributed by atoms with Crippen molar-refractivity contribution in [3.63, 3.8) is 0 Å². The van der Waals surface area contributed by atoms with E-state index in [1.807, 2.05) is 0 Å². The van der Waals surface area contributed by atoms with Crippen molar-refractivity contribution >= 4 is 34.7 Å². The third-order valence-electron chi connectivity index (χ3n) is 1.95. The first kappa shape index (κ1) is 14.5. The van der Waals surface area contributed by atoms with E-state index in [2.05, 4.69) is 15.3 Å². The number of guanidine groups is 1. The number of nitrogens with zero attached hydrogens (tertiary/aromatic N) is 2. The number of rotatable bonds is 5. The van der Waals surface area contributed by atoms with Crippen LogP contribution < -0.4 is 16.8 Å². The molecule has 0 aromatic carbocycles. The largest absolute Gasteiger partial charge is 0.383 e. The summed E-state index contributed by atoms with van der Waals surface area (Å²) in [5.74, 6) is -0.805. The van der Waals surface area contributed by atoms with Crippen molar-refractivity contribution in [2.24, 2.45) is 21.5 Å². The van der Waals surface area contributed by atoms with E-state index in [0.29, 0.717) is 13.2 Å². The van der Waals surface area contributed by atoms with Crippen LogP contribution in [0.4, 0.5) is 0 Å². The highest BCUT2D eigenvalue weighted by Crippen LogP contribution is 2.25. The summed E-state index contributed by atoms with van der Waals surface area (Å²) < 4.78 is 4.79. The fourth-order valence-corrected chi connectivity index (χ4v) is 2.14. The SMILES string of the molecule is COCCNC(=O)C[C@@H]1SC(N=C(N)N)=NC1=O. The number of amides is 2. The monoisotopic (exact) mass is 273 g/mol. The van der Waals surface area contributed by atoms with Crippen LogP contribution in [0.3, 0.4) is 0 Å². The van der Waals surface area contributed by atoms with Gasteiger partial charge < -0.3 is 21.5 Å². The molecule has 1 aliphatic rings. The average molecular weight is 273 g/mol. The van der Waals surface area contributed by atoms with Crippen LogP contribution in [0.1, 0.15) is 6.42 Å². The van der Waals surface area contributed by atoms with E-state index in [1.165, 1.54) is 7.11 Å². The number of carbonyl (C=O) groups excluding carboxylic acids is 2. The first-order valence-corrected chi connectivity index (χ1v) is 6.05. The molecular formula is C9H15N5O3S. The van der Waals surface area contributed by atoms with E-state index in [9.17, 15) is 9.59 Å². The molecule has 1 aliphatic heterocycles. The zero-order chi connectivity index (χ0) is 13.5. The standard InChI is InChI=1S/C9H15N5O3S/c1-17-3-2-12-6(15)4-5-7(16)13-9(18-5)14-8(10)11/h5H,2-4H2,1H3,(H,12,15)(H4,10,11,13,14,16)/t5-/m0/s1. The van der Waals surface area contributed by atoms with E-state index in [-0.39, 0.29) is 23.5 Å². The number of ether oxygens (including phenoxy) is 1. The third kappa shape index (κ3) is 4.72. The van der Waals surface area contributed by atoms with Crippen LogP contribution in [0.25, 0.3) is 0 Å². The van der Waals surface area contributed by atoms with Gasteiger partial charge >= 0.3 is 0 Å². The zero-order valence-electron chi connectivity index (χ0n) is 9.88. The highest BCUT2D eigenvalue weighted by molar-refractivity contribution is 8.15. The number of nitrogens with two attached hydrogens (primary N) is 2. The van der Waals surface area contributed by atoms with Crippen LogP contribution in [-0.2, 0) is 14.3 Å². The van der Waals surface area contributed by atoms with Crippen molar-refractivity contribution < 1.29 is 14.3 Å². The van der Waals surface area contributed by atoms with Gasteiger partial charge in [0, 0.05) is 20.1 Å². The van der Waals surface area contributed by atoms with Crippen LogP contribution in [0.2, 0.25) is 0 Å². The minimum absolute atomic E-state index is 0.0419. The molecule has 5 N–H and O–H groups in total. The molecule has 100 valence electrons. The van der Waals surface area contributed by atoms with E-state index in [0.717, 1.165) is 11.8 Å². The molecule has 0 aliphatic carbocycles. The van der Waals surface area contributed by atoms with Gasteiger partial charge in [0.2, 0.25) is 5.91 Å². The Balaban J connectivity index is 2.40. The van der Waals surface area contributed by atoms with Crippen molar-refractivity contribution in [2.45, 2.75) is 11.7 Å². The summed E-state index contributed by atoms with van der Waals surface area (Å²) in [6.45, 7) is 0.829. The summed E-state index contributed by atoms with van der Waals surface area (Å²) in [7, 11) is 1.54. The van der Waals surface area contributed by atoms with Gasteiger partial charge in [0.15, 0.2) is 11.1 Å². The Bertz CT molecular complexity index is 392. The lowest BCUT2D eigenvalue weighted by atomic mass is 10.3. The van der Waals surface area contributed by atoms with Crippen LogP contribution in [-0.4, -0.2) is 48.5 Å². The molecule has 1 atom stereocenters. The Morgan fingerprint density at radius 1 is 1.61 bits per heavy atom. The number of hydrogen-bond acceptors (Lipinski definition) is 5. The minimum atomic E-state index is -0.564. The number of thioether (sulfide) groups is 1. The Morgan fingerprint density at radius 3 is 2.94 bits per heavy atom. The average Bonchev–Trinajstić information content (AvgIpc) is 2.58. The number of nitrogens with one attached hydrogen (secondary N) is 1. The van der Waals surface area contributed by atoms with Crippen LogP contribution in [0.5, 0.6) is 0 Å². The van der Waals surface area contributed by atoms with E-state index < -0.39 is 11.2 Å². The number of carbonyl (C=O) groups is 2. The Morgan fingerprint density at radius 2 is 2.33 bits per heavy atom. The number of amidine groups is 1. The summed E-state index contributed by atoms with van der Waals surface area (Å²) in [6.07, 6.45) is 0.0419. The second-order valence-corrected chi connectivity index (χ2v) is 4.59. The van der Waals surface area contributed by atoms with Crippen molar-refractivity contribution in [1.29, 1.82) is 0 Å². The molecule has 0 bridgehead atoms. The normalized spacial score (nSPS) is 18.4. The van der Waals surface area contributed by atoms with E-state index in [4.69, 9.17) is 16.2 Å². The first-order valence-electron chi connectivity index (χ1n) is 5.17. The van der Waals surface area contributed by atoms with Crippen LogP contribution >= 0.6 is 11.8 Å². The van der Waals surface area contributed by atoms with Gasteiger partial charge in [-0.1, -0.05) is 11.8 Å². The molecule has 0 spiro atoms. The van der Waals surface area contributed by atoms with Crippen molar-refractivity contribution in [2.75, 3.05) is 20.3 Å². The van der Waals surface area contributed by atoms with E-state index >= 15 is 0 Å². The summed E-state index contributed by atoms with van der Waals surface area (Å²) in [4.78, 5) is 30.3. The molecule has 0 radical (unpaired) electrons. The van der Waals surface area contributed by atoms with Crippen molar-refractivity contribution in [3.05, 3.63) is 0 Å².